The molecule has 5 rings (SSSR count). The van der Waals surface area contributed by atoms with Crippen LogP contribution in [0, 0.1) is 11.3 Å². The topological polar surface area (TPSA) is 55.2 Å². The highest BCUT2D eigenvalue weighted by Crippen LogP contribution is 2.61. The monoisotopic (exact) mass is 415 g/mol. The van der Waals surface area contributed by atoms with Gasteiger partial charge in [-0.2, -0.15) is 18.3 Å². The lowest BCUT2D eigenvalue weighted by atomic mass is 9.91. The van der Waals surface area contributed by atoms with Crippen molar-refractivity contribution in [1.82, 2.24) is 14.7 Å². The van der Waals surface area contributed by atoms with Gasteiger partial charge in [-0.3, -0.25) is 9.58 Å². The van der Waals surface area contributed by atoms with E-state index in [2.05, 4.69) is 16.1 Å². The van der Waals surface area contributed by atoms with Crippen molar-refractivity contribution in [2.24, 2.45) is 11.3 Å². The maximum Gasteiger partial charge on any atom is 0.435 e. The summed E-state index contributed by atoms with van der Waals surface area (Å²) in [6, 6.07) is 1.38. The van der Waals surface area contributed by atoms with Gasteiger partial charge in [-0.05, 0) is 45.2 Å². The lowest BCUT2D eigenvalue weighted by Gasteiger charge is -2.38. The van der Waals surface area contributed by atoms with Gasteiger partial charge in [0.1, 0.15) is 0 Å². The Bertz CT molecular complexity index is 952. The van der Waals surface area contributed by atoms with Gasteiger partial charge in [-0.15, -0.1) is 0 Å². The van der Waals surface area contributed by atoms with Gasteiger partial charge in [0.15, 0.2) is 15.5 Å². The molecular weight excluding hydrogens is 391 g/mol. The predicted octanol–water partition coefficient (Wildman–Crippen LogP) is 3.02. The molecule has 1 unspecified atom stereocenters. The van der Waals surface area contributed by atoms with E-state index in [4.69, 9.17) is 0 Å². The first-order chi connectivity index (χ1) is 13.0. The van der Waals surface area contributed by atoms with Gasteiger partial charge < -0.3 is 0 Å². The zero-order chi connectivity index (χ0) is 20.1. The van der Waals surface area contributed by atoms with Crippen LogP contribution in [-0.4, -0.2) is 53.7 Å². The molecule has 3 heterocycles. The third-order valence-corrected chi connectivity index (χ3v) is 8.92. The minimum atomic E-state index is -4.43. The van der Waals surface area contributed by atoms with Gasteiger partial charge in [0.2, 0.25) is 0 Å². The normalized spacial score (nSPS) is 33.2. The number of hydrogen-bond donors (Lipinski definition) is 0. The van der Waals surface area contributed by atoms with Crippen LogP contribution < -0.4 is 0 Å². The number of fused-ring (bicyclic) bond motifs is 1. The molecule has 0 radical (unpaired) electrons. The number of allylic oxidation sites excluding steroid dienone is 1. The lowest BCUT2D eigenvalue weighted by Crippen LogP contribution is -2.50. The molecule has 0 N–H and O–H groups in total. The quantitative estimate of drug-likeness (QED) is 0.713. The maximum atomic E-state index is 13.1. The molecule has 3 fully saturated rings. The van der Waals surface area contributed by atoms with Crippen LogP contribution in [0.3, 0.4) is 0 Å². The highest BCUT2D eigenvalue weighted by Gasteiger charge is 2.57. The number of halogens is 3. The first-order valence-corrected chi connectivity index (χ1v) is 11.6. The molecule has 0 bridgehead atoms. The Morgan fingerprint density at radius 2 is 2.00 bits per heavy atom. The number of nitrogens with zero attached hydrogens (tertiary/aromatic N) is 3. The van der Waals surface area contributed by atoms with Crippen molar-refractivity contribution in [3.8, 4) is 0 Å². The third kappa shape index (κ3) is 2.84. The molecule has 4 aliphatic rings. The molecule has 5 nitrogen and oxygen atoms in total. The zero-order valence-corrected chi connectivity index (χ0v) is 16.7. The van der Waals surface area contributed by atoms with Gasteiger partial charge in [-0.25, -0.2) is 8.42 Å². The predicted molar refractivity (Wildman–Crippen MR) is 97.6 cm³/mol. The average molecular weight is 415 g/mol. The lowest BCUT2D eigenvalue weighted by molar-refractivity contribution is -0.141. The second-order valence-corrected chi connectivity index (χ2v) is 11.4. The minimum absolute atomic E-state index is 0.0443. The van der Waals surface area contributed by atoms with E-state index in [-0.39, 0.29) is 23.4 Å². The van der Waals surface area contributed by atoms with E-state index >= 15 is 0 Å². The summed E-state index contributed by atoms with van der Waals surface area (Å²) < 4.78 is 64.0. The number of rotatable bonds is 3. The molecule has 1 spiro atoms. The summed E-state index contributed by atoms with van der Waals surface area (Å²) in [5.41, 5.74) is 1.02. The van der Waals surface area contributed by atoms with Crippen molar-refractivity contribution < 1.29 is 21.6 Å². The molecule has 2 aliphatic heterocycles. The Morgan fingerprint density at radius 3 is 2.54 bits per heavy atom. The van der Waals surface area contributed by atoms with E-state index in [0.717, 1.165) is 25.9 Å². The van der Waals surface area contributed by atoms with Crippen molar-refractivity contribution in [3.05, 3.63) is 29.1 Å². The van der Waals surface area contributed by atoms with Gasteiger partial charge in [0.25, 0.3) is 0 Å². The SMILES string of the molecule is CC(C)n1nc(C(F)(F)F)cc1[C@@H]1C2=CC(N3CCC4(C3)CS(=O)(=O)C4)C[C@H]21. The number of sulfone groups is 1. The fraction of sp³-hybridized carbons (Fsp3) is 0.737. The maximum absolute atomic E-state index is 13.1. The number of alkyl halides is 3. The van der Waals surface area contributed by atoms with Crippen LogP contribution in [0.2, 0.25) is 0 Å². The van der Waals surface area contributed by atoms with Gasteiger partial charge >= 0.3 is 6.18 Å². The van der Waals surface area contributed by atoms with Crippen molar-refractivity contribution >= 4 is 9.84 Å². The van der Waals surface area contributed by atoms with Crippen LogP contribution in [0.15, 0.2) is 17.7 Å². The first-order valence-electron chi connectivity index (χ1n) is 9.81. The molecule has 0 amide bonds. The van der Waals surface area contributed by atoms with E-state index in [1.165, 1.54) is 16.3 Å². The second-order valence-electron chi connectivity index (χ2n) is 9.30. The van der Waals surface area contributed by atoms with Crippen molar-refractivity contribution in [3.63, 3.8) is 0 Å². The van der Waals surface area contributed by atoms with Crippen LogP contribution >= 0.6 is 0 Å². The highest BCUT2D eigenvalue weighted by molar-refractivity contribution is 7.92. The van der Waals surface area contributed by atoms with E-state index in [1.807, 2.05) is 13.8 Å². The summed E-state index contributed by atoms with van der Waals surface area (Å²) in [6.07, 6.45) is -0.377. The minimum Gasteiger partial charge on any atom is -0.296 e. The van der Waals surface area contributed by atoms with Gasteiger partial charge in [0, 0.05) is 35.7 Å². The van der Waals surface area contributed by atoms with Gasteiger partial charge in [0.05, 0.1) is 11.5 Å². The summed E-state index contributed by atoms with van der Waals surface area (Å²) in [7, 11) is -2.83. The molecule has 2 saturated heterocycles. The largest absolute Gasteiger partial charge is 0.435 e. The summed E-state index contributed by atoms with van der Waals surface area (Å²) >= 11 is 0. The van der Waals surface area contributed by atoms with Crippen LogP contribution in [0.5, 0.6) is 0 Å². The third-order valence-electron chi connectivity index (χ3n) is 6.81. The number of hydrogen-bond acceptors (Lipinski definition) is 4. The Hall–Kier alpha value is -1.35. The molecule has 1 aromatic heterocycles. The van der Waals surface area contributed by atoms with Crippen LogP contribution in [0.4, 0.5) is 13.2 Å². The van der Waals surface area contributed by atoms with Crippen LogP contribution in [0.25, 0.3) is 0 Å². The first kappa shape index (κ1) is 18.7. The Kier molecular flexibility index (Phi) is 3.75. The molecular formula is C19H24F3N3O2S. The second kappa shape index (κ2) is 5.62. The zero-order valence-electron chi connectivity index (χ0n) is 15.9. The summed E-state index contributed by atoms with van der Waals surface area (Å²) in [5.74, 6) is 0.948. The van der Waals surface area contributed by atoms with E-state index < -0.39 is 21.7 Å². The molecule has 0 aromatic carbocycles. The molecule has 1 aromatic rings. The highest BCUT2D eigenvalue weighted by atomic mass is 32.2. The number of likely N-dealkylation sites (tertiary alicyclic amines) is 1. The Morgan fingerprint density at radius 1 is 1.29 bits per heavy atom. The van der Waals surface area contributed by atoms with Crippen LogP contribution in [0.1, 0.15) is 50.0 Å². The smallest absolute Gasteiger partial charge is 0.296 e. The summed E-state index contributed by atoms with van der Waals surface area (Å²) in [6.45, 7) is 5.43. The van der Waals surface area contributed by atoms with E-state index in [1.54, 1.807) is 0 Å². The molecule has 3 atom stereocenters. The Labute approximate surface area is 162 Å². The molecule has 28 heavy (non-hydrogen) atoms. The fourth-order valence-electron chi connectivity index (χ4n) is 5.59. The molecule has 1 saturated carbocycles. The molecule has 2 aliphatic carbocycles. The molecule has 9 heteroatoms. The van der Waals surface area contributed by atoms with Crippen molar-refractivity contribution in [2.45, 2.75) is 50.9 Å². The Balaban J connectivity index is 1.32. The van der Waals surface area contributed by atoms with E-state index in [9.17, 15) is 21.6 Å². The summed E-state index contributed by atoms with van der Waals surface area (Å²) in [4.78, 5) is 2.37. The van der Waals surface area contributed by atoms with Crippen LogP contribution in [-0.2, 0) is 16.0 Å². The fourth-order valence-corrected chi connectivity index (χ4v) is 7.85. The summed E-state index contributed by atoms with van der Waals surface area (Å²) in [5, 5.41) is 3.81. The van der Waals surface area contributed by atoms with Gasteiger partial charge in [-0.1, -0.05) is 11.6 Å². The molecule has 154 valence electrons. The standard InChI is InChI=1S/C19H24F3N3O2S/c1-11(2)25-15(7-16(23-25)19(20,21)22)17-13-5-12(6-14(13)17)24-4-3-18(8-24)9-28(26,27)10-18/h5,7,11-12,14,17H,3-4,6,8-10H2,1-2H3/t12?,14-,17-/m1/s1. The van der Waals surface area contributed by atoms with Crippen molar-refractivity contribution in [2.75, 3.05) is 24.6 Å². The van der Waals surface area contributed by atoms with Crippen molar-refractivity contribution in [1.29, 1.82) is 0 Å². The van der Waals surface area contributed by atoms with E-state index in [0.29, 0.717) is 23.1 Å². The number of aromatic nitrogens is 2. The average Bonchev–Trinajstić information content (AvgIpc) is 3.01.